The Kier molecular flexibility index (Phi) is 6.17. The van der Waals surface area contributed by atoms with Crippen LogP contribution in [0.5, 0.6) is 0 Å². The van der Waals surface area contributed by atoms with E-state index in [9.17, 15) is 4.79 Å². The smallest absolute Gasteiger partial charge is 0.242 e. The fourth-order valence-electron chi connectivity index (χ4n) is 0.705. The highest BCUT2D eigenvalue weighted by molar-refractivity contribution is 7.80. The zero-order valence-corrected chi connectivity index (χ0v) is 8.70. The predicted octanol–water partition coefficient (Wildman–Crippen LogP) is -0.761. The summed E-state index contributed by atoms with van der Waals surface area (Å²) in [4.78, 5) is 11.3. The number of carbonyl (C=O) groups is 1. The summed E-state index contributed by atoms with van der Waals surface area (Å²) >= 11 is 4.74. The molecule has 0 aliphatic carbocycles. The van der Waals surface area contributed by atoms with Crippen molar-refractivity contribution in [3.63, 3.8) is 0 Å². The number of hydrogen-bond acceptors (Lipinski definition) is 3. The number of rotatable bonds is 4. The van der Waals surface area contributed by atoms with Crippen LogP contribution in [-0.2, 0) is 4.79 Å². The minimum Gasteiger partial charge on any atom is -0.354 e. The SMILES string of the molecule is CCCNC(=O)C(C)NC(=S)NN. The molecule has 0 aliphatic heterocycles. The van der Waals surface area contributed by atoms with Crippen molar-refractivity contribution in [2.75, 3.05) is 6.54 Å². The van der Waals surface area contributed by atoms with E-state index in [2.05, 4.69) is 16.1 Å². The Bertz CT molecular complexity index is 185. The second-order valence-electron chi connectivity index (χ2n) is 2.63. The largest absolute Gasteiger partial charge is 0.354 e. The van der Waals surface area contributed by atoms with Crippen molar-refractivity contribution in [2.45, 2.75) is 26.3 Å². The minimum atomic E-state index is -0.366. The topological polar surface area (TPSA) is 79.2 Å². The van der Waals surface area contributed by atoms with Gasteiger partial charge in [-0.15, -0.1) is 0 Å². The molecular weight excluding hydrogens is 188 g/mol. The summed E-state index contributed by atoms with van der Waals surface area (Å²) in [5.41, 5.74) is 2.25. The summed E-state index contributed by atoms with van der Waals surface area (Å²) < 4.78 is 0. The number of hydrogen-bond donors (Lipinski definition) is 4. The Labute approximate surface area is 83.4 Å². The molecule has 13 heavy (non-hydrogen) atoms. The van der Waals surface area contributed by atoms with Crippen molar-refractivity contribution in [3.05, 3.63) is 0 Å². The molecule has 1 amide bonds. The summed E-state index contributed by atoms with van der Waals surface area (Å²) in [7, 11) is 0. The van der Waals surface area contributed by atoms with E-state index < -0.39 is 0 Å². The lowest BCUT2D eigenvalue weighted by Gasteiger charge is -2.14. The molecular formula is C7H16N4OS. The average Bonchev–Trinajstić information content (AvgIpc) is 2.13. The first kappa shape index (κ1) is 12.1. The summed E-state index contributed by atoms with van der Waals surface area (Å²) in [5.74, 6) is 4.95. The van der Waals surface area contributed by atoms with E-state index in [4.69, 9.17) is 18.1 Å². The summed E-state index contributed by atoms with van der Waals surface area (Å²) in [6, 6.07) is -0.366. The molecule has 0 saturated carbocycles. The molecule has 0 rings (SSSR count). The molecule has 1 unspecified atom stereocenters. The van der Waals surface area contributed by atoms with E-state index in [1.165, 1.54) is 0 Å². The van der Waals surface area contributed by atoms with Crippen LogP contribution in [0.1, 0.15) is 20.3 Å². The van der Waals surface area contributed by atoms with E-state index in [0.717, 1.165) is 6.42 Å². The maximum atomic E-state index is 11.3. The van der Waals surface area contributed by atoms with Crippen LogP contribution in [0.15, 0.2) is 0 Å². The molecule has 0 fully saturated rings. The third-order valence-corrected chi connectivity index (χ3v) is 1.66. The van der Waals surface area contributed by atoms with Crippen LogP contribution < -0.4 is 21.9 Å². The number of hydrazine groups is 1. The molecule has 0 aromatic rings. The molecule has 0 aromatic heterocycles. The molecule has 5 N–H and O–H groups in total. The lowest BCUT2D eigenvalue weighted by Crippen LogP contribution is -2.50. The van der Waals surface area contributed by atoms with E-state index >= 15 is 0 Å². The third-order valence-electron chi connectivity index (χ3n) is 1.42. The second kappa shape index (κ2) is 6.62. The molecule has 0 radical (unpaired) electrons. The molecule has 6 heteroatoms. The summed E-state index contributed by atoms with van der Waals surface area (Å²) in [6.07, 6.45) is 0.915. The fraction of sp³-hybridized carbons (Fsp3) is 0.714. The highest BCUT2D eigenvalue weighted by atomic mass is 32.1. The Morgan fingerprint density at radius 1 is 1.62 bits per heavy atom. The number of nitrogens with two attached hydrogens (primary N) is 1. The van der Waals surface area contributed by atoms with Crippen LogP contribution in [-0.4, -0.2) is 23.6 Å². The van der Waals surface area contributed by atoms with Crippen LogP contribution in [0.2, 0.25) is 0 Å². The van der Waals surface area contributed by atoms with Gasteiger partial charge in [0, 0.05) is 6.54 Å². The van der Waals surface area contributed by atoms with E-state index in [-0.39, 0.29) is 17.1 Å². The van der Waals surface area contributed by atoms with Crippen molar-refractivity contribution < 1.29 is 4.79 Å². The van der Waals surface area contributed by atoms with Gasteiger partial charge in [0.2, 0.25) is 5.91 Å². The maximum absolute atomic E-state index is 11.3. The molecule has 0 saturated heterocycles. The molecule has 0 aromatic carbocycles. The average molecular weight is 204 g/mol. The van der Waals surface area contributed by atoms with Crippen LogP contribution in [0.3, 0.4) is 0 Å². The standard InChI is InChI=1S/C7H16N4OS/c1-3-4-9-6(12)5(2)10-7(13)11-8/h5H,3-4,8H2,1-2H3,(H,9,12)(H2,10,11,13). The first-order valence-corrected chi connectivity index (χ1v) is 4.57. The highest BCUT2D eigenvalue weighted by Crippen LogP contribution is 1.82. The van der Waals surface area contributed by atoms with Crippen molar-refractivity contribution in [1.82, 2.24) is 16.1 Å². The third kappa shape index (κ3) is 5.37. The first-order valence-electron chi connectivity index (χ1n) is 4.16. The Hall–Kier alpha value is -0.880. The Morgan fingerprint density at radius 3 is 2.69 bits per heavy atom. The molecule has 5 nitrogen and oxygen atoms in total. The molecule has 1 atom stereocenters. The van der Waals surface area contributed by atoms with Gasteiger partial charge in [-0.25, -0.2) is 5.84 Å². The monoisotopic (exact) mass is 204 g/mol. The minimum absolute atomic E-state index is 0.0838. The van der Waals surface area contributed by atoms with Gasteiger partial charge in [0.05, 0.1) is 0 Å². The quantitative estimate of drug-likeness (QED) is 0.275. The zero-order chi connectivity index (χ0) is 10.3. The van der Waals surface area contributed by atoms with Gasteiger partial charge < -0.3 is 16.1 Å². The Morgan fingerprint density at radius 2 is 2.23 bits per heavy atom. The number of amides is 1. The lowest BCUT2D eigenvalue weighted by molar-refractivity contribution is -0.122. The van der Waals surface area contributed by atoms with Crippen LogP contribution in [0.25, 0.3) is 0 Å². The van der Waals surface area contributed by atoms with Gasteiger partial charge in [0.1, 0.15) is 6.04 Å². The van der Waals surface area contributed by atoms with Crippen molar-refractivity contribution in [3.8, 4) is 0 Å². The second-order valence-corrected chi connectivity index (χ2v) is 3.04. The van der Waals surface area contributed by atoms with Gasteiger partial charge in [0.15, 0.2) is 5.11 Å². The van der Waals surface area contributed by atoms with E-state index in [1.807, 2.05) is 6.92 Å². The summed E-state index contributed by atoms with van der Waals surface area (Å²) in [5, 5.41) is 5.72. The van der Waals surface area contributed by atoms with E-state index in [0.29, 0.717) is 6.54 Å². The van der Waals surface area contributed by atoms with Gasteiger partial charge in [-0.05, 0) is 25.6 Å². The fourth-order valence-corrected chi connectivity index (χ4v) is 0.882. The highest BCUT2D eigenvalue weighted by Gasteiger charge is 2.11. The van der Waals surface area contributed by atoms with Crippen molar-refractivity contribution in [2.24, 2.45) is 5.84 Å². The first-order chi connectivity index (χ1) is 6.11. The van der Waals surface area contributed by atoms with Gasteiger partial charge in [0.25, 0.3) is 0 Å². The normalized spacial score (nSPS) is 11.6. The van der Waals surface area contributed by atoms with Crippen LogP contribution in [0.4, 0.5) is 0 Å². The zero-order valence-electron chi connectivity index (χ0n) is 7.89. The van der Waals surface area contributed by atoms with Crippen molar-refractivity contribution in [1.29, 1.82) is 0 Å². The molecule has 76 valence electrons. The van der Waals surface area contributed by atoms with Crippen molar-refractivity contribution >= 4 is 23.2 Å². The number of thiocarbonyl (C=S) groups is 1. The van der Waals surface area contributed by atoms with Gasteiger partial charge in [-0.3, -0.25) is 4.79 Å². The van der Waals surface area contributed by atoms with Crippen LogP contribution in [0, 0.1) is 0 Å². The van der Waals surface area contributed by atoms with Gasteiger partial charge in [-0.2, -0.15) is 0 Å². The predicted molar refractivity (Wildman–Crippen MR) is 55.8 cm³/mol. The molecule has 0 aliphatic rings. The lowest BCUT2D eigenvalue weighted by atomic mass is 10.3. The maximum Gasteiger partial charge on any atom is 0.242 e. The molecule has 0 bridgehead atoms. The number of carbonyl (C=O) groups excluding carboxylic acids is 1. The van der Waals surface area contributed by atoms with E-state index in [1.54, 1.807) is 6.92 Å². The number of nitrogens with one attached hydrogen (secondary N) is 3. The van der Waals surface area contributed by atoms with Gasteiger partial charge >= 0.3 is 0 Å². The Balaban J connectivity index is 3.75. The molecule has 0 heterocycles. The van der Waals surface area contributed by atoms with Crippen LogP contribution >= 0.6 is 12.2 Å². The van der Waals surface area contributed by atoms with Gasteiger partial charge in [-0.1, -0.05) is 6.92 Å². The summed E-state index contributed by atoms with van der Waals surface area (Å²) in [6.45, 7) is 4.38. The molecule has 0 spiro atoms.